The predicted molar refractivity (Wildman–Crippen MR) is 166 cm³/mol. The topological polar surface area (TPSA) is 51.8 Å². The number of furan rings is 1. The number of nitrogens with zero attached hydrogens (tertiary/aromatic N) is 3. The van der Waals surface area contributed by atoms with Crippen LogP contribution in [0.1, 0.15) is 0 Å². The summed E-state index contributed by atoms with van der Waals surface area (Å²) in [6.07, 6.45) is 0. The van der Waals surface area contributed by atoms with E-state index in [0.29, 0.717) is 17.5 Å². The van der Waals surface area contributed by atoms with E-state index >= 15 is 0 Å². The molecule has 41 heavy (non-hydrogen) atoms. The van der Waals surface area contributed by atoms with Gasteiger partial charge in [0.15, 0.2) is 17.5 Å². The summed E-state index contributed by atoms with van der Waals surface area (Å²) in [6, 6.07) is 47.5. The lowest BCUT2D eigenvalue weighted by Crippen LogP contribution is -2.00. The Morgan fingerprint density at radius 2 is 0.976 bits per heavy atom. The molecule has 2 heterocycles. The summed E-state index contributed by atoms with van der Waals surface area (Å²) in [6.45, 7) is 0. The van der Waals surface area contributed by atoms with Gasteiger partial charge in [0.1, 0.15) is 11.2 Å². The number of benzene rings is 6. The molecule has 192 valence electrons. The molecule has 0 spiro atoms. The Kier molecular flexibility index (Phi) is 5.42. The molecule has 8 rings (SSSR count). The van der Waals surface area contributed by atoms with E-state index in [4.69, 9.17) is 19.4 Å². The predicted octanol–water partition coefficient (Wildman–Crippen LogP) is 9.59. The summed E-state index contributed by atoms with van der Waals surface area (Å²) < 4.78 is 6.44. The number of para-hydroxylation sites is 1. The minimum absolute atomic E-state index is 0.611. The van der Waals surface area contributed by atoms with Gasteiger partial charge >= 0.3 is 0 Å². The molecular formula is C37H23N3O. The van der Waals surface area contributed by atoms with Crippen molar-refractivity contribution in [1.82, 2.24) is 15.0 Å². The van der Waals surface area contributed by atoms with E-state index < -0.39 is 0 Å². The number of aromatic nitrogens is 3. The van der Waals surface area contributed by atoms with Gasteiger partial charge in [-0.2, -0.15) is 0 Å². The molecule has 0 bridgehead atoms. The Bertz CT molecular complexity index is 2180. The van der Waals surface area contributed by atoms with Crippen molar-refractivity contribution in [3.8, 4) is 45.3 Å². The molecular weight excluding hydrogens is 502 g/mol. The maximum absolute atomic E-state index is 6.44. The van der Waals surface area contributed by atoms with Crippen molar-refractivity contribution in [1.29, 1.82) is 0 Å². The summed E-state index contributed by atoms with van der Waals surface area (Å²) in [7, 11) is 0. The molecule has 4 nitrogen and oxygen atoms in total. The van der Waals surface area contributed by atoms with Gasteiger partial charge in [-0.05, 0) is 28.6 Å². The fourth-order valence-electron chi connectivity index (χ4n) is 5.52. The van der Waals surface area contributed by atoms with Crippen molar-refractivity contribution in [3.05, 3.63) is 140 Å². The summed E-state index contributed by atoms with van der Waals surface area (Å²) in [5.41, 5.74) is 6.81. The molecule has 0 aliphatic carbocycles. The van der Waals surface area contributed by atoms with E-state index in [2.05, 4.69) is 78.9 Å². The highest BCUT2D eigenvalue weighted by molar-refractivity contribution is 6.18. The molecule has 6 aromatic carbocycles. The quantitative estimate of drug-likeness (QED) is 0.230. The molecule has 0 unspecified atom stereocenters. The average molecular weight is 526 g/mol. The van der Waals surface area contributed by atoms with Crippen molar-refractivity contribution in [3.63, 3.8) is 0 Å². The van der Waals surface area contributed by atoms with Crippen molar-refractivity contribution in [2.75, 3.05) is 0 Å². The largest absolute Gasteiger partial charge is 0.455 e. The van der Waals surface area contributed by atoms with Crippen LogP contribution in [0.5, 0.6) is 0 Å². The van der Waals surface area contributed by atoms with Gasteiger partial charge < -0.3 is 4.42 Å². The lowest BCUT2D eigenvalue weighted by atomic mass is 10.0. The van der Waals surface area contributed by atoms with E-state index in [9.17, 15) is 0 Å². The molecule has 0 fully saturated rings. The van der Waals surface area contributed by atoms with Crippen LogP contribution >= 0.6 is 0 Å². The van der Waals surface area contributed by atoms with Crippen LogP contribution in [0.4, 0.5) is 0 Å². The van der Waals surface area contributed by atoms with Gasteiger partial charge in [0, 0.05) is 32.8 Å². The standard InChI is InChI=1S/C37H23N3O/c1-3-10-24(11-4-1)25-18-20-28(21-19-25)36-38-35(27-12-5-2-6-13-27)39-37(40-36)31-16-9-14-26-22-23-30-29-15-7-8-17-32(29)41-34(30)33(26)31/h1-23H. The van der Waals surface area contributed by atoms with Crippen LogP contribution in [0.2, 0.25) is 0 Å². The van der Waals surface area contributed by atoms with E-state index in [-0.39, 0.29) is 0 Å². The Morgan fingerprint density at radius 3 is 1.73 bits per heavy atom. The highest BCUT2D eigenvalue weighted by atomic mass is 16.3. The summed E-state index contributed by atoms with van der Waals surface area (Å²) in [5, 5.41) is 4.25. The van der Waals surface area contributed by atoms with Crippen LogP contribution in [-0.4, -0.2) is 15.0 Å². The first-order valence-electron chi connectivity index (χ1n) is 13.6. The minimum Gasteiger partial charge on any atom is -0.455 e. The maximum atomic E-state index is 6.44. The Labute approximate surface area is 236 Å². The van der Waals surface area contributed by atoms with Gasteiger partial charge in [-0.3, -0.25) is 0 Å². The van der Waals surface area contributed by atoms with Gasteiger partial charge in [-0.25, -0.2) is 15.0 Å². The van der Waals surface area contributed by atoms with Gasteiger partial charge in [0.25, 0.3) is 0 Å². The third-order valence-electron chi connectivity index (χ3n) is 7.55. The van der Waals surface area contributed by atoms with Gasteiger partial charge in [0.2, 0.25) is 0 Å². The number of fused-ring (bicyclic) bond motifs is 5. The lowest BCUT2D eigenvalue weighted by molar-refractivity contribution is 0.672. The Hall–Kier alpha value is -5.61. The third-order valence-corrected chi connectivity index (χ3v) is 7.55. The Morgan fingerprint density at radius 1 is 0.390 bits per heavy atom. The SMILES string of the molecule is c1ccc(-c2ccc(-c3nc(-c4ccccc4)nc(-c4cccc5ccc6c7ccccc7oc6c45)n3)cc2)cc1. The summed E-state index contributed by atoms with van der Waals surface area (Å²) in [5.74, 6) is 1.87. The zero-order valence-corrected chi connectivity index (χ0v) is 22.0. The number of hydrogen-bond acceptors (Lipinski definition) is 4. The Balaban J connectivity index is 1.35. The van der Waals surface area contributed by atoms with Gasteiger partial charge in [0.05, 0.1) is 0 Å². The second-order valence-corrected chi connectivity index (χ2v) is 10.1. The van der Waals surface area contributed by atoms with Crippen LogP contribution in [0, 0.1) is 0 Å². The molecule has 0 aliphatic heterocycles. The zero-order chi connectivity index (χ0) is 27.2. The normalized spacial score (nSPS) is 11.4. The average Bonchev–Trinajstić information content (AvgIpc) is 3.44. The fraction of sp³-hybridized carbons (Fsp3) is 0. The first-order chi connectivity index (χ1) is 20.3. The first kappa shape index (κ1) is 23.3. The molecule has 0 saturated carbocycles. The third kappa shape index (κ3) is 4.05. The molecule has 0 atom stereocenters. The van der Waals surface area contributed by atoms with Crippen molar-refractivity contribution < 1.29 is 4.42 Å². The first-order valence-corrected chi connectivity index (χ1v) is 13.6. The second kappa shape index (κ2) is 9.54. The smallest absolute Gasteiger partial charge is 0.164 e. The van der Waals surface area contributed by atoms with Crippen molar-refractivity contribution in [2.24, 2.45) is 0 Å². The monoisotopic (exact) mass is 525 g/mol. The molecule has 0 saturated heterocycles. The van der Waals surface area contributed by atoms with E-state index in [0.717, 1.165) is 55.0 Å². The fourth-order valence-corrected chi connectivity index (χ4v) is 5.52. The van der Waals surface area contributed by atoms with Gasteiger partial charge in [-0.15, -0.1) is 0 Å². The molecule has 8 aromatic rings. The number of hydrogen-bond donors (Lipinski definition) is 0. The van der Waals surface area contributed by atoms with Crippen molar-refractivity contribution >= 4 is 32.7 Å². The van der Waals surface area contributed by atoms with Crippen LogP contribution < -0.4 is 0 Å². The highest BCUT2D eigenvalue weighted by Gasteiger charge is 2.18. The number of rotatable bonds is 4. The molecule has 2 aromatic heterocycles. The van der Waals surface area contributed by atoms with Crippen LogP contribution in [0.15, 0.2) is 144 Å². The molecule has 0 aliphatic rings. The van der Waals surface area contributed by atoms with Crippen LogP contribution in [0.3, 0.4) is 0 Å². The van der Waals surface area contributed by atoms with Gasteiger partial charge in [-0.1, -0.05) is 127 Å². The molecule has 0 amide bonds. The summed E-state index contributed by atoms with van der Waals surface area (Å²) >= 11 is 0. The highest BCUT2D eigenvalue weighted by Crippen LogP contribution is 2.38. The van der Waals surface area contributed by atoms with Crippen LogP contribution in [0.25, 0.3) is 78.0 Å². The van der Waals surface area contributed by atoms with E-state index in [1.165, 1.54) is 5.56 Å². The summed E-state index contributed by atoms with van der Waals surface area (Å²) in [4.78, 5) is 15.0. The zero-order valence-electron chi connectivity index (χ0n) is 22.0. The second-order valence-electron chi connectivity index (χ2n) is 10.1. The van der Waals surface area contributed by atoms with E-state index in [1.807, 2.05) is 60.7 Å². The minimum atomic E-state index is 0.611. The van der Waals surface area contributed by atoms with Crippen molar-refractivity contribution in [2.45, 2.75) is 0 Å². The molecule has 0 radical (unpaired) electrons. The molecule has 4 heteroatoms. The van der Waals surface area contributed by atoms with E-state index in [1.54, 1.807) is 0 Å². The lowest BCUT2D eigenvalue weighted by Gasteiger charge is -2.11. The van der Waals surface area contributed by atoms with Crippen LogP contribution in [-0.2, 0) is 0 Å². The maximum Gasteiger partial charge on any atom is 0.164 e. The molecule has 0 N–H and O–H groups in total.